The molecule has 3 nitrogen and oxygen atoms in total. The Kier molecular flexibility index (Phi) is 3.26. The summed E-state index contributed by atoms with van der Waals surface area (Å²) in [5, 5.41) is 8.67. The minimum Gasteiger partial charge on any atom is -0.480 e. The maximum atomic E-state index is 10.8. The molecule has 0 aliphatic heterocycles. The maximum absolute atomic E-state index is 10.8. The van der Waals surface area contributed by atoms with E-state index in [-0.39, 0.29) is 11.7 Å². The Balaban J connectivity index is 2.44. The summed E-state index contributed by atoms with van der Waals surface area (Å²) in [5.41, 5.74) is 0. The van der Waals surface area contributed by atoms with Gasteiger partial charge < -0.3 is 5.11 Å². The summed E-state index contributed by atoms with van der Waals surface area (Å²) in [6.45, 7) is 0. The third kappa shape index (κ3) is 2.30. The minimum atomic E-state index is -0.825. The third-order valence-corrected chi connectivity index (χ3v) is 3.38. The van der Waals surface area contributed by atoms with Crippen LogP contribution in [0.2, 0.25) is 0 Å². The molecule has 0 radical (unpaired) electrons. The number of ketones is 1. The number of hydrogen-bond donors (Lipinski definition) is 1. The number of carboxylic acids is 1. The molecule has 0 amide bonds. The van der Waals surface area contributed by atoms with Crippen molar-refractivity contribution in [2.75, 3.05) is 0 Å². The zero-order valence-electron chi connectivity index (χ0n) is 6.62. The van der Waals surface area contributed by atoms with Crippen LogP contribution in [0.5, 0.6) is 0 Å². The van der Waals surface area contributed by atoms with Crippen molar-refractivity contribution in [2.45, 2.75) is 30.5 Å². The Morgan fingerprint density at radius 3 is 2.42 bits per heavy atom. The lowest BCUT2D eigenvalue weighted by molar-refractivity contribution is -0.138. The van der Waals surface area contributed by atoms with Crippen LogP contribution < -0.4 is 0 Å². The second-order valence-corrected chi connectivity index (χ2v) is 4.10. The lowest BCUT2D eigenvalue weighted by Gasteiger charge is -2.22. The maximum Gasteiger partial charge on any atom is 0.317 e. The molecule has 0 heterocycles. The molecule has 68 valence electrons. The molecule has 0 spiro atoms. The normalized spacial score (nSPS) is 22.2. The Hall–Kier alpha value is -0.380. The Morgan fingerprint density at radius 2 is 2.00 bits per heavy atom. The molecule has 4 heteroatoms. The first-order valence-corrected chi connectivity index (χ1v) is 4.91. The van der Waals surface area contributed by atoms with Crippen LogP contribution in [0, 0.1) is 5.92 Å². The van der Waals surface area contributed by atoms with Gasteiger partial charge in [-0.3, -0.25) is 9.59 Å². The van der Waals surface area contributed by atoms with Gasteiger partial charge in [0.05, 0.1) is 0 Å². The van der Waals surface area contributed by atoms with Gasteiger partial charge in [0.2, 0.25) is 0 Å². The number of hydrogen-bond acceptors (Lipinski definition) is 2. The molecular formula is C8H11BrO3. The van der Waals surface area contributed by atoms with Crippen molar-refractivity contribution in [3.8, 4) is 0 Å². The van der Waals surface area contributed by atoms with Gasteiger partial charge in [-0.25, -0.2) is 0 Å². The van der Waals surface area contributed by atoms with Gasteiger partial charge in [-0.05, 0) is 18.8 Å². The molecule has 0 aromatic rings. The van der Waals surface area contributed by atoms with Crippen molar-refractivity contribution in [3.63, 3.8) is 0 Å². The van der Waals surface area contributed by atoms with E-state index in [0.717, 1.165) is 0 Å². The van der Waals surface area contributed by atoms with Crippen molar-refractivity contribution in [1.29, 1.82) is 0 Å². The summed E-state index contributed by atoms with van der Waals surface area (Å²) in [6, 6.07) is 0. The topological polar surface area (TPSA) is 54.4 Å². The molecule has 1 saturated carbocycles. The number of carbonyl (C=O) groups excluding carboxylic acids is 1. The smallest absolute Gasteiger partial charge is 0.317 e. The summed E-state index contributed by atoms with van der Waals surface area (Å²) >= 11 is 3.11. The third-order valence-electron chi connectivity index (χ3n) is 2.24. The highest BCUT2D eigenvalue weighted by atomic mass is 79.9. The predicted molar refractivity (Wildman–Crippen MR) is 47.3 cm³/mol. The summed E-state index contributed by atoms with van der Waals surface area (Å²) in [7, 11) is 0. The molecule has 1 atom stereocenters. The van der Waals surface area contributed by atoms with Crippen molar-refractivity contribution >= 4 is 27.7 Å². The van der Waals surface area contributed by atoms with Crippen LogP contribution in [0.15, 0.2) is 0 Å². The largest absolute Gasteiger partial charge is 0.480 e. The second kappa shape index (κ2) is 4.03. The predicted octanol–water partition coefficient (Wildman–Crippen LogP) is 1.59. The van der Waals surface area contributed by atoms with E-state index >= 15 is 0 Å². The first-order chi connectivity index (χ1) is 5.61. The highest BCUT2D eigenvalue weighted by Crippen LogP contribution is 2.28. The molecule has 0 aromatic carbocycles. The summed E-state index contributed by atoms with van der Waals surface area (Å²) in [5.74, 6) is -0.439. The number of halogens is 1. The van der Waals surface area contributed by atoms with Gasteiger partial charge in [0.1, 0.15) is 10.6 Å². The lowest BCUT2D eigenvalue weighted by Crippen LogP contribution is -2.27. The molecule has 0 saturated heterocycles. The molecule has 1 aliphatic carbocycles. The molecule has 1 rings (SSSR count). The van der Waals surface area contributed by atoms with Crippen LogP contribution in [-0.2, 0) is 9.59 Å². The fraction of sp³-hybridized carbons (Fsp3) is 0.750. The Bertz CT molecular complexity index is 192. The summed E-state index contributed by atoms with van der Waals surface area (Å²) < 4.78 is 0. The average molecular weight is 235 g/mol. The molecule has 12 heavy (non-hydrogen) atoms. The van der Waals surface area contributed by atoms with Crippen molar-refractivity contribution < 1.29 is 14.7 Å². The molecule has 1 aliphatic rings. The number of aliphatic carboxylic acids is 1. The number of Topliss-reactive ketones (excluding diaryl/α,β-unsaturated/α-hetero) is 1. The zero-order valence-corrected chi connectivity index (χ0v) is 8.21. The van der Waals surface area contributed by atoms with E-state index in [1.807, 2.05) is 0 Å². The average Bonchev–Trinajstić information content (AvgIpc) is 2.04. The van der Waals surface area contributed by atoms with Gasteiger partial charge in [-0.15, -0.1) is 0 Å². The molecule has 1 fully saturated rings. The van der Waals surface area contributed by atoms with Gasteiger partial charge in [0, 0.05) is 12.8 Å². The van der Waals surface area contributed by atoms with Crippen molar-refractivity contribution in [3.05, 3.63) is 0 Å². The van der Waals surface area contributed by atoms with Gasteiger partial charge in [0.15, 0.2) is 0 Å². The fourth-order valence-electron chi connectivity index (χ4n) is 1.46. The second-order valence-electron chi connectivity index (χ2n) is 3.12. The summed E-state index contributed by atoms with van der Waals surface area (Å²) in [6.07, 6.45) is 2.50. The molecule has 1 unspecified atom stereocenters. The van der Waals surface area contributed by atoms with Gasteiger partial charge in [-0.1, -0.05) is 15.9 Å². The van der Waals surface area contributed by atoms with Crippen LogP contribution in [0.4, 0.5) is 0 Å². The zero-order chi connectivity index (χ0) is 9.14. The number of alkyl halides is 1. The number of carboxylic acid groups (broad SMARTS) is 1. The van der Waals surface area contributed by atoms with Crippen LogP contribution in [0.3, 0.4) is 0 Å². The van der Waals surface area contributed by atoms with E-state index in [4.69, 9.17) is 5.11 Å². The van der Waals surface area contributed by atoms with Gasteiger partial charge in [-0.2, -0.15) is 0 Å². The van der Waals surface area contributed by atoms with E-state index in [9.17, 15) is 9.59 Å². The highest BCUT2D eigenvalue weighted by Gasteiger charge is 2.28. The van der Waals surface area contributed by atoms with E-state index < -0.39 is 10.8 Å². The first kappa shape index (κ1) is 9.71. The number of rotatable bonds is 2. The highest BCUT2D eigenvalue weighted by molar-refractivity contribution is 9.10. The van der Waals surface area contributed by atoms with Crippen molar-refractivity contribution in [2.24, 2.45) is 5.92 Å². The molecular weight excluding hydrogens is 224 g/mol. The van der Waals surface area contributed by atoms with Crippen LogP contribution in [0.25, 0.3) is 0 Å². The van der Waals surface area contributed by atoms with E-state index in [1.54, 1.807) is 0 Å². The SMILES string of the molecule is O=C1CCC(C(Br)C(=O)O)CC1. The first-order valence-electron chi connectivity index (χ1n) is 4.00. The molecule has 0 aromatic heterocycles. The van der Waals surface area contributed by atoms with E-state index in [1.165, 1.54) is 0 Å². The monoisotopic (exact) mass is 234 g/mol. The van der Waals surface area contributed by atoms with Crippen molar-refractivity contribution in [1.82, 2.24) is 0 Å². The Morgan fingerprint density at radius 1 is 1.50 bits per heavy atom. The summed E-state index contributed by atoms with van der Waals surface area (Å²) in [4.78, 5) is 20.9. The Labute approximate surface area is 79.3 Å². The van der Waals surface area contributed by atoms with Crippen LogP contribution in [-0.4, -0.2) is 21.7 Å². The standard InChI is InChI=1S/C8H11BrO3/c9-7(8(11)12)5-1-3-6(10)4-2-5/h5,7H,1-4H2,(H,11,12). The fourth-order valence-corrected chi connectivity index (χ4v) is 1.99. The van der Waals surface area contributed by atoms with Gasteiger partial charge in [0.25, 0.3) is 0 Å². The van der Waals surface area contributed by atoms with Gasteiger partial charge >= 0.3 is 5.97 Å². The quantitative estimate of drug-likeness (QED) is 0.739. The molecule has 0 bridgehead atoms. The lowest BCUT2D eigenvalue weighted by atomic mass is 9.86. The van der Waals surface area contributed by atoms with Crippen LogP contribution in [0.1, 0.15) is 25.7 Å². The van der Waals surface area contributed by atoms with Crippen LogP contribution >= 0.6 is 15.9 Å². The minimum absolute atomic E-state index is 0.125. The number of carbonyl (C=O) groups is 2. The van der Waals surface area contributed by atoms with E-state index in [2.05, 4.69) is 15.9 Å². The molecule has 1 N–H and O–H groups in total. The van der Waals surface area contributed by atoms with E-state index in [0.29, 0.717) is 25.7 Å².